The summed E-state index contributed by atoms with van der Waals surface area (Å²) in [5, 5.41) is 0. The Balaban J connectivity index is 1.98. The molecule has 0 atom stereocenters. The van der Waals surface area contributed by atoms with Crippen molar-refractivity contribution in [1.82, 2.24) is 4.31 Å². The number of hydrogen-bond acceptors (Lipinski definition) is 5. The van der Waals surface area contributed by atoms with Crippen molar-refractivity contribution < 1.29 is 22.7 Å². The highest BCUT2D eigenvalue weighted by Gasteiger charge is 2.28. The Morgan fingerprint density at radius 2 is 1.72 bits per heavy atom. The molecule has 160 valence electrons. The van der Waals surface area contributed by atoms with Crippen molar-refractivity contribution in [3.05, 3.63) is 41.6 Å². The highest BCUT2D eigenvalue weighted by atomic mass is 32.2. The number of carbonyl (C=O) groups excluding carboxylic acids is 1. The smallest absolute Gasteiger partial charge is 0.344 e. The van der Waals surface area contributed by atoms with Crippen LogP contribution >= 0.6 is 0 Å². The minimum absolute atomic E-state index is 0.0668. The zero-order valence-electron chi connectivity index (χ0n) is 17.4. The molecule has 1 heterocycles. The Labute approximate surface area is 173 Å². The number of carbonyl (C=O) groups is 1. The van der Waals surface area contributed by atoms with Gasteiger partial charge in [-0.1, -0.05) is 51.2 Å². The molecule has 0 bridgehead atoms. The second-order valence-electron chi connectivity index (χ2n) is 6.99. The Morgan fingerprint density at radius 1 is 1.07 bits per heavy atom. The number of benzene rings is 1. The van der Waals surface area contributed by atoms with Crippen molar-refractivity contribution in [1.29, 1.82) is 0 Å². The molecule has 2 rings (SSSR count). The fourth-order valence-corrected chi connectivity index (χ4v) is 4.04. The van der Waals surface area contributed by atoms with Crippen LogP contribution in [0, 0.1) is 0 Å². The molecule has 8 heteroatoms. The van der Waals surface area contributed by atoms with Gasteiger partial charge in [0.15, 0.2) is 0 Å². The fourth-order valence-electron chi connectivity index (χ4n) is 2.94. The van der Waals surface area contributed by atoms with E-state index in [9.17, 15) is 13.2 Å². The van der Waals surface area contributed by atoms with Gasteiger partial charge in [0.25, 0.3) is 0 Å². The molecule has 0 aliphatic carbocycles. The van der Waals surface area contributed by atoms with Crippen molar-refractivity contribution in [2.75, 3.05) is 13.7 Å². The van der Waals surface area contributed by atoms with Gasteiger partial charge >= 0.3 is 16.2 Å². The first kappa shape index (κ1) is 22.9. The summed E-state index contributed by atoms with van der Waals surface area (Å²) in [6.45, 7) is 4.06. The van der Waals surface area contributed by atoms with Crippen LogP contribution in [0.4, 0.5) is 0 Å². The summed E-state index contributed by atoms with van der Waals surface area (Å²) < 4.78 is 40.0. The second kappa shape index (κ2) is 11.0. The summed E-state index contributed by atoms with van der Waals surface area (Å²) in [4.78, 5) is 12.4. The van der Waals surface area contributed by atoms with Gasteiger partial charge in [-0.25, -0.2) is 4.79 Å². The largest absolute Gasteiger partial charge is 0.497 e. The van der Waals surface area contributed by atoms with Crippen LogP contribution in [0.5, 0.6) is 5.75 Å². The van der Waals surface area contributed by atoms with Crippen molar-refractivity contribution in [2.24, 2.45) is 4.40 Å². The van der Waals surface area contributed by atoms with Crippen LogP contribution < -0.4 is 4.74 Å². The van der Waals surface area contributed by atoms with Crippen molar-refractivity contribution in [3.63, 3.8) is 0 Å². The maximum atomic E-state index is 12.4. The maximum absolute atomic E-state index is 12.4. The van der Waals surface area contributed by atoms with E-state index in [1.807, 2.05) is 0 Å². The number of hydrogen-bond donors (Lipinski definition) is 0. The molecule has 1 aliphatic heterocycles. The van der Waals surface area contributed by atoms with Crippen LogP contribution in [-0.4, -0.2) is 38.1 Å². The van der Waals surface area contributed by atoms with Crippen molar-refractivity contribution >= 4 is 21.9 Å². The third-order valence-electron chi connectivity index (χ3n) is 4.66. The summed E-state index contributed by atoms with van der Waals surface area (Å²) in [5.74, 6) is 0.132. The number of nitrogens with zero attached hydrogens (tertiary/aromatic N) is 2. The molecule has 0 fully saturated rings. The molecule has 0 amide bonds. The first-order valence-corrected chi connectivity index (χ1v) is 11.4. The lowest BCUT2D eigenvalue weighted by atomic mass is 10.1. The van der Waals surface area contributed by atoms with E-state index in [0.717, 1.165) is 29.1 Å². The molecule has 29 heavy (non-hydrogen) atoms. The molecule has 0 aromatic heterocycles. The molecule has 0 spiro atoms. The fraction of sp³-hybridized carbons (Fsp3) is 0.524. The van der Waals surface area contributed by atoms with E-state index < -0.39 is 16.2 Å². The minimum Gasteiger partial charge on any atom is -0.497 e. The molecular formula is C21H30N2O5S. The van der Waals surface area contributed by atoms with Crippen LogP contribution in [0.25, 0.3) is 0 Å². The van der Waals surface area contributed by atoms with Gasteiger partial charge in [0.2, 0.25) is 0 Å². The van der Waals surface area contributed by atoms with Gasteiger partial charge in [0, 0.05) is 6.20 Å². The number of unbranched alkanes of at least 4 members (excludes halogenated alkanes) is 5. The molecule has 0 radical (unpaired) electrons. The molecule has 0 N–H and O–H groups in total. The van der Waals surface area contributed by atoms with Gasteiger partial charge in [-0.05, 0) is 31.0 Å². The lowest BCUT2D eigenvalue weighted by Crippen LogP contribution is -2.31. The van der Waals surface area contributed by atoms with E-state index in [2.05, 4.69) is 11.3 Å². The number of esters is 1. The van der Waals surface area contributed by atoms with Gasteiger partial charge in [0.1, 0.15) is 5.75 Å². The molecule has 0 saturated carbocycles. The van der Waals surface area contributed by atoms with E-state index >= 15 is 0 Å². The normalized spacial score (nSPS) is 15.5. The predicted molar refractivity (Wildman–Crippen MR) is 113 cm³/mol. The molecule has 1 aromatic rings. The van der Waals surface area contributed by atoms with Crippen LogP contribution in [0.3, 0.4) is 0 Å². The minimum atomic E-state index is -3.89. The summed E-state index contributed by atoms with van der Waals surface area (Å²) in [5.41, 5.74) is 1.06. The maximum Gasteiger partial charge on any atom is 0.344 e. The van der Waals surface area contributed by atoms with E-state index in [-0.39, 0.29) is 17.8 Å². The summed E-state index contributed by atoms with van der Waals surface area (Å²) in [7, 11) is -2.32. The van der Waals surface area contributed by atoms with E-state index in [1.54, 1.807) is 31.4 Å². The average Bonchev–Trinajstić information content (AvgIpc) is 2.69. The quantitative estimate of drug-likeness (QED) is 0.397. The monoisotopic (exact) mass is 422 g/mol. The van der Waals surface area contributed by atoms with Gasteiger partial charge in [-0.2, -0.15) is 8.42 Å². The van der Waals surface area contributed by atoms with Crippen molar-refractivity contribution in [3.8, 4) is 5.75 Å². The highest BCUT2D eigenvalue weighted by Crippen LogP contribution is 2.21. The van der Waals surface area contributed by atoms with Crippen LogP contribution in [0.2, 0.25) is 0 Å². The standard InChI is InChI=1S/C21H30N2O5S/c1-4-5-6-7-8-9-14-28-21(24)20-16-23(29(25,26)22-17(20)2)15-18-10-12-19(27-3)13-11-18/h10-13,16H,4-9,14-15H2,1-3H3. The van der Waals surface area contributed by atoms with Crippen LogP contribution in [0.15, 0.2) is 40.4 Å². The molecular weight excluding hydrogens is 392 g/mol. The summed E-state index contributed by atoms with van der Waals surface area (Å²) in [6, 6.07) is 7.04. The first-order chi connectivity index (χ1) is 13.9. The number of ether oxygens (including phenoxy) is 2. The molecule has 1 aromatic carbocycles. The third-order valence-corrected chi connectivity index (χ3v) is 5.99. The topological polar surface area (TPSA) is 85.3 Å². The van der Waals surface area contributed by atoms with E-state index in [4.69, 9.17) is 9.47 Å². The predicted octanol–water partition coefficient (Wildman–Crippen LogP) is 4.00. The molecule has 0 unspecified atom stereocenters. The average molecular weight is 423 g/mol. The first-order valence-electron chi connectivity index (χ1n) is 9.98. The van der Waals surface area contributed by atoms with Gasteiger partial charge in [0.05, 0.1) is 31.5 Å². The van der Waals surface area contributed by atoms with Crippen LogP contribution in [0.1, 0.15) is 57.9 Å². The van der Waals surface area contributed by atoms with E-state index in [1.165, 1.54) is 32.4 Å². The lowest BCUT2D eigenvalue weighted by molar-refractivity contribution is -0.138. The Morgan fingerprint density at radius 3 is 2.38 bits per heavy atom. The second-order valence-corrected chi connectivity index (χ2v) is 8.54. The SMILES string of the molecule is CCCCCCCCOC(=O)C1=CN(Cc2ccc(OC)cc2)S(=O)(=O)N=C1C. The lowest BCUT2D eigenvalue weighted by Gasteiger charge is -2.23. The zero-order valence-corrected chi connectivity index (χ0v) is 18.2. The molecule has 0 saturated heterocycles. The summed E-state index contributed by atoms with van der Waals surface area (Å²) in [6.07, 6.45) is 7.86. The van der Waals surface area contributed by atoms with Crippen LogP contribution in [-0.2, 0) is 26.3 Å². The zero-order chi connectivity index (χ0) is 21.3. The van der Waals surface area contributed by atoms with Gasteiger partial charge < -0.3 is 9.47 Å². The highest BCUT2D eigenvalue weighted by molar-refractivity contribution is 7.88. The Bertz CT molecular complexity index is 844. The summed E-state index contributed by atoms with van der Waals surface area (Å²) >= 11 is 0. The molecule has 1 aliphatic rings. The Hall–Kier alpha value is -2.35. The van der Waals surface area contributed by atoms with E-state index in [0.29, 0.717) is 12.4 Å². The van der Waals surface area contributed by atoms with Crippen molar-refractivity contribution in [2.45, 2.75) is 58.9 Å². The number of methoxy groups -OCH3 is 1. The third kappa shape index (κ3) is 6.88. The molecule has 7 nitrogen and oxygen atoms in total. The van der Waals surface area contributed by atoms with Gasteiger partial charge in [-0.3, -0.25) is 4.31 Å². The Kier molecular flexibility index (Phi) is 8.70. The number of rotatable bonds is 11. The van der Waals surface area contributed by atoms with Gasteiger partial charge in [-0.15, -0.1) is 4.40 Å².